The summed E-state index contributed by atoms with van der Waals surface area (Å²) in [6.07, 6.45) is 3.11. The minimum Gasteiger partial charge on any atom is -0.272 e. The third-order valence-corrected chi connectivity index (χ3v) is 0.493. The smallest absolute Gasteiger partial charge is 0.0930 e. The zero-order valence-corrected chi connectivity index (χ0v) is 5.53. The van der Waals surface area contributed by atoms with Crippen LogP contribution >= 0.6 is 12.2 Å². The van der Waals surface area contributed by atoms with E-state index in [1.54, 1.807) is 13.0 Å². The summed E-state index contributed by atoms with van der Waals surface area (Å²) in [5, 5.41) is 3.66. The molecule has 2 nitrogen and oxygen atoms in total. The topological polar surface area (TPSA) is 24.4 Å². The first-order valence-corrected chi connectivity index (χ1v) is 2.59. The van der Waals surface area contributed by atoms with Crippen LogP contribution in [0.2, 0.25) is 0 Å². The average Bonchev–Trinajstić information content (AvgIpc) is 1.66. The van der Waals surface area contributed by atoms with Crippen LogP contribution < -0.4 is 5.43 Å². The molecular formula is C5H8N2S. The molecule has 0 heterocycles. The molecule has 1 N–H and O–H groups in total. The monoisotopic (exact) mass is 128 g/mol. The van der Waals surface area contributed by atoms with Gasteiger partial charge in [0.25, 0.3) is 0 Å². The lowest BCUT2D eigenvalue weighted by Gasteiger charge is -1.89. The van der Waals surface area contributed by atoms with E-state index in [9.17, 15) is 0 Å². The molecule has 0 atom stereocenters. The van der Waals surface area contributed by atoms with Gasteiger partial charge in [-0.15, -0.1) is 0 Å². The van der Waals surface area contributed by atoms with Gasteiger partial charge in [-0.1, -0.05) is 18.8 Å². The van der Waals surface area contributed by atoms with Crippen LogP contribution in [-0.2, 0) is 0 Å². The average molecular weight is 128 g/mol. The van der Waals surface area contributed by atoms with Crippen LogP contribution in [0.25, 0.3) is 0 Å². The van der Waals surface area contributed by atoms with Gasteiger partial charge in [0.05, 0.1) is 4.99 Å². The fourth-order valence-corrected chi connectivity index (χ4v) is 0.234. The summed E-state index contributed by atoms with van der Waals surface area (Å²) in [5.74, 6) is 0. The number of rotatable bonds is 2. The van der Waals surface area contributed by atoms with Crippen LogP contribution in [0.3, 0.4) is 0 Å². The first kappa shape index (κ1) is 7.30. The van der Waals surface area contributed by atoms with Crippen molar-refractivity contribution in [2.75, 3.05) is 0 Å². The molecule has 0 spiro atoms. The summed E-state index contributed by atoms with van der Waals surface area (Å²) < 4.78 is 0. The van der Waals surface area contributed by atoms with Gasteiger partial charge in [0.15, 0.2) is 0 Å². The number of allylic oxidation sites excluding steroid dienone is 1. The Morgan fingerprint density at radius 2 is 2.50 bits per heavy atom. The predicted molar refractivity (Wildman–Crippen MR) is 40.1 cm³/mol. The maximum atomic E-state index is 4.65. The lowest BCUT2D eigenvalue weighted by Crippen LogP contribution is -2.09. The molecule has 0 aromatic heterocycles. The number of nitrogens with zero attached hydrogens (tertiary/aromatic N) is 1. The van der Waals surface area contributed by atoms with Crippen molar-refractivity contribution in [2.24, 2.45) is 5.10 Å². The number of nitrogens with one attached hydrogen (secondary N) is 1. The van der Waals surface area contributed by atoms with E-state index in [0.29, 0.717) is 4.99 Å². The maximum Gasteiger partial charge on any atom is 0.0930 e. The van der Waals surface area contributed by atoms with Crippen LogP contribution in [-0.4, -0.2) is 11.2 Å². The normalized spacial score (nSPS) is 9.12. The van der Waals surface area contributed by atoms with E-state index in [0.717, 1.165) is 0 Å². The summed E-state index contributed by atoms with van der Waals surface area (Å²) in [6.45, 7) is 5.18. The van der Waals surface area contributed by atoms with Gasteiger partial charge in [0.1, 0.15) is 0 Å². The Hall–Kier alpha value is -0.700. The largest absolute Gasteiger partial charge is 0.272 e. The van der Waals surface area contributed by atoms with Gasteiger partial charge in [-0.2, -0.15) is 5.10 Å². The Bertz CT molecular complexity index is 118. The molecule has 0 bridgehead atoms. The van der Waals surface area contributed by atoms with Crippen molar-refractivity contribution < 1.29 is 0 Å². The van der Waals surface area contributed by atoms with Crippen molar-refractivity contribution >= 4 is 23.4 Å². The van der Waals surface area contributed by atoms with Gasteiger partial charge >= 0.3 is 0 Å². The second-order valence-electron chi connectivity index (χ2n) is 1.18. The van der Waals surface area contributed by atoms with Crippen molar-refractivity contribution in [3.63, 3.8) is 0 Å². The van der Waals surface area contributed by atoms with Crippen molar-refractivity contribution in [3.05, 3.63) is 12.7 Å². The minimum absolute atomic E-state index is 0.656. The Kier molecular flexibility index (Phi) is 4.07. The zero-order chi connectivity index (χ0) is 6.41. The molecule has 0 amide bonds. The van der Waals surface area contributed by atoms with Gasteiger partial charge in [0.2, 0.25) is 0 Å². The van der Waals surface area contributed by atoms with Gasteiger partial charge in [-0.3, -0.25) is 5.43 Å². The Morgan fingerprint density at radius 1 is 1.88 bits per heavy atom. The highest BCUT2D eigenvalue weighted by Gasteiger charge is 1.73. The van der Waals surface area contributed by atoms with Crippen LogP contribution in [0, 0.1) is 0 Å². The molecule has 0 aliphatic rings. The molecule has 0 aliphatic carbocycles. The van der Waals surface area contributed by atoms with Gasteiger partial charge < -0.3 is 0 Å². The second kappa shape index (κ2) is 4.46. The Labute approximate surface area is 54.3 Å². The van der Waals surface area contributed by atoms with Gasteiger partial charge in [0, 0.05) is 6.21 Å². The van der Waals surface area contributed by atoms with E-state index in [2.05, 4.69) is 29.3 Å². The number of hydrazone groups is 1. The van der Waals surface area contributed by atoms with Crippen molar-refractivity contribution in [2.45, 2.75) is 6.92 Å². The highest BCUT2D eigenvalue weighted by atomic mass is 32.1. The maximum absolute atomic E-state index is 4.65. The van der Waals surface area contributed by atoms with Crippen LogP contribution in [0.4, 0.5) is 0 Å². The van der Waals surface area contributed by atoms with E-state index in [1.165, 1.54) is 6.21 Å². The number of hydrogen-bond donors (Lipinski definition) is 1. The third-order valence-electron chi connectivity index (χ3n) is 0.402. The van der Waals surface area contributed by atoms with Gasteiger partial charge in [-0.25, -0.2) is 0 Å². The molecule has 44 valence electrons. The highest BCUT2D eigenvalue weighted by molar-refractivity contribution is 7.80. The van der Waals surface area contributed by atoms with Crippen molar-refractivity contribution in [1.82, 2.24) is 5.43 Å². The van der Waals surface area contributed by atoms with Crippen molar-refractivity contribution in [1.29, 1.82) is 0 Å². The molecule has 0 fully saturated rings. The lowest BCUT2D eigenvalue weighted by atomic mass is 10.7. The molecule has 0 radical (unpaired) electrons. The third kappa shape index (κ3) is 5.30. The quantitative estimate of drug-likeness (QED) is 0.342. The summed E-state index contributed by atoms with van der Waals surface area (Å²) in [5.41, 5.74) is 2.58. The molecular weight excluding hydrogens is 120 g/mol. The molecule has 0 aromatic carbocycles. The summed E-state index contributed by atoms with van der Waals surface area (Å²) in [6, 6.07) is 0. The molecule has 0 saturated heterocycles. The SMILES string of the molecule is C=C/C=N\NC(C)=S. The highest BCUT2D eigenvalue weighted by Crippen LogP contribution is 1.65. The van der Waals surface area contributed by atoms with E-state index < -0.39 is 0 Å². The minimum atomic E-state index is 0.656. The van der Waals surface area contributed by atoms with Crippen molar-refractivity contribution in [3.8, 4) is 0 Å². The fourth-order valence-electron chi connectivity index (χ4n) is 0.181. The van der Waals surface area contributed by atoms with Crippen LogP contribution in [0.5, 0.6) is 0 Å². The lowest BCUT2D eigenvalue weighted by molar-refractivity contribution is 1.05. The Balaban J connectivity index is 3.29. The first-order chi connectivity index (χ1) is 3.77. The molecule has 0 aliphatic heterocycles. The zero-order valence-electron chi connectivity index (χ0n) is 4.72. The van der Waals surface area contributed by atoms with E-state index >= 15 is 0 Å². The predicted octanol–water partition coefficient (Wildman–Crippen LogP) is 1.10. The summed E-state index contributed by atoms with van der Waals surface area (Å²) in [7, 11) is 0. The molecule has 8 heavy (non-hydrogen) atoms. The van der Waals surface area contributed by atoms with Crippen LogP contribution in [0.15, 0.2) is 17.8 Å². The van der Waals surface area contributed by atoms with E-state index in [4.69, 9.17) is 0 Å². The number of hydrogen-bond acceptors (Lipinski definition) is 2. The molecule has 0 rings (SSSR count). The first-order valence-electron chi connectivity index (χ1n) is 2.18. The Morgan fingerprint density at radius 3 is 2.88 bits per heavy atom. The molecule has 3 heteroatoms. The fraction of sp³-hybridized carbons (Fsp3) is 0.200. The molecule has 0 aromatic rings. The number of thiocarbonyl (C=S) groups is 1. The van der Waals surface area contributed by atoms with E-state index in [-0.39, 0.29) is 0 Å². The van der Waals surface area contributed by atoms with Gasteiger partial charge in [-0.05, 0) is 13.0 Å². The standard InChI is InChI=1S/C5H8N2S/c1-3-4-6-7-5(2)8/h3-4H,1H2,2H3,(H,7,8)/b6-4-. The van der Waals surface area contributed by atoms with Crippen LogP contribution in [0.1, 0.15) is 6.92 Å². The summed E-state index contributed by atoms with van der Waals surface area (Å²) >= 11 is 4.65. The van der Waals surface area contributed by atoms with E-state index in [1.807, 2.05) is 0 Å². The molecule has 0 saturated carbocycles. The summed E-state index contributed by atoms with van der Waals surface area (Å²) in [4.78, 5) is 0.656. The molecule has 0 unspecified atom stereocenters. The second-order valence-corrected chi connectivity index (χ2v) is 1.79.